The van der Waals surface area contributed by atoms with Gasteiger partial charge in [-0.15, -0.1) is 0 Å². The van der Waals surface area contributed by atoms with Crippen molar-refractivity contribution in [2.75, 3.05) is 0 Å². The first-order chi connectivity index (χ1) is 11.7. The van der Waals surface area contributed by atoms with Crippen LogP contribution in [0.1, 0.15) is 51.2 Å². The van der Waals surface area contributed by atoms with Crippen molar-refractivity contribution in [1.82, 2.24) is 0 Å². The highest BCUT2D eigenvalue weighted by Gasteiger charge is 2.20. The summed E-state index contributed by atoms with van der Waals surface area (Å²) in [5, 5.41) is 3.22. The summed E-state index contributed by atoms with van der Waals surface area (Å²) in [7, 11) is -0.364. The third-order valence-electron chi connectivity index (χ3n) is 5.21. The molecule has 0 saturated heterocycles. The van der Waals surface area contributed by atoms with Gasteiger partial charge in [-0.1, -0.05) is 83.9 Å². The molecule has 0 nitrogen and oxygen atoms in total. The first kappa shape index (κ1) is 17.0. The Morgan fingerprint density at radius 2 is 1.62 bits per heavy atom. The van der Waals surface area contributed by atoms with Gasteiger partial charge in [-0.05, 0) is 55.4 Å². The minimum atomic E-state index is -0.364. The zero-order valence-electron chi connectivity index (χ0n) is 15.2. The molecule has 0 aromatic heterocycles. The van der Waals surface area contributed by atoms with Gasteiger partial charge < -0.3 is 0 Å². The predicted octanol–water partition coefficient (Wildman–Crippen LogP) is 4.97. The van der Waals surface area contributed by atoms with Gasteiger partial charge >= 0.3 is 0 Å². The van der Waals surface area contributed by atoms with E-state index in [2.05, 4.69) is 75.4 Å². The van der Waals surface area contributed by atoms with Crippen LogP contribution in [-0.4, -0.2) is 9.52 Å². The summed E-state index contributed by atoms with van der Waals surface area (Å²) in [4.78, 5) is 0. The monoisotopic (exact) mass is 332 g/mol. The van der Waals surface area contributed by atoms with Crippen molar-refractivity contribution in [2.24, 2.45) is 0 Å². The lowest BCUT2D eigenvalue weighted by Gasteiger charge is -2.09. The highest BCUT2D eigenvalue weighted by Crippen LogP contribution is 2.37. The van der Waals surface area contributed by atoms with E-state index < -0.39 is 0 Å². The fraction of sp³-hybridized carbons (Fsp3) is 0.304. The van der Waals surface area contributed by atoms with E-state index in [1.807, 2.05) is 0 Å². The van der Waals surface area contributed by atoms with Crippen molar-refractivity contribution in [3.05, 3.63) is 82.1 Å². The zero-order chi connectivity index (χ0) is 16.9. The fourth-order valence-electron chi connectivity index (χ4n) is 3.66. The molecule has 0 bridgehead atoms. The average molecular weight is 333 g/mol. The van der Waals surface area contributed by atoms with Gasteiger partial charge in [-0.2, -0.15) is 0 Å². The summed E-state index contributed by atoms with van der Waals surface area (Å²) < 4.78 is 0. The van der Waals surface area contributed by atoms with Crippen LogP contribution in [0.2, 0.25) is 0 Å². The molecular weight excluding hydrogens is 304 g/mol. The summed E-state index contributed by atoms with van der Waals surface area (Å²) in [6.45, 7) is 6.92. The largest absolute Gasteiger partial charge is 0.0878 e. The van der Waals surface area contributed by atoms with Crippen molar-refractivity contribution in [3.8, 4) is 0 Å². The van der Waals surface area contributed by atoms with Crippen molar-refractivity contribution in [1.29, 1.82) is 0 Å². The van der Waals surface area contributed by atoms with Crippen molar-refractivity contribution >= 4 is 20.3 Å². The summed E-state index contributed by atoms with van der Waals surface area (Å²) in [5.74, 6) is 0. The van der Waals surface area contributed by atoms with E-state index in [0.29, 0.717) is 0 Å². The third-order valence-corrected chi connectivity index (χ3v) is 7.57. The minimum Gasteiger partial charge on any atom is -0.0696 e. The highest BCUT2D eigenvalue weighted by molar-refractivity contribution is 6.62. The molecule has 2 aromatic carbocycles. The van der Waals surface area contributed by atoms with E-state index in [4.69, 9.17) is 0 Å². The molecule has 0 heterocycles. The Hall–Kier alpha value is -1.86. The molecule has 3 rings (SSSR count). The predicted molar refractivity (Wildman–Crippen MR) is 110 cm³/mol. The topological polar surface area (TPSA) is 0 Å². The van der Waals surface area contributed by atoms with Gasteiger partial charge in [0.2, 0.25) is 0 Å². The lowest BCUT2D eigenvalue weighted by atomic mass is 9.98. The van der Waals surface area contributed by atoms with Crippen LogP contribution in [0, 0.1) is 0 Å². The van der Waals surface area contributed by atoms with E-state index in [1.165, 1.54) is 30.4 Å². The second-order valence-electron chi connectivity index (χ2n) is 7.00. The van der Waals surface area contributed by atoms with Gasteiger partial charge in [0.05, 0.1) is 9.52 Å². The van der Waals surface area contributed by atoms with Gasteiger partial charge in [-0.25, -0.2) is 0 Å². The van der Waals surface area contributed by atoms with Crippen LogP contribution in [0.15, 0.2) is 70.9 Å². The van der Waals surface area contributed by atoms with Gasteiger partial charge in [0.15, 0.2) is 0 Å². The summed E-state index contributed by atoms with van der Waals surface area (Å²) in [6.07, 6.45) is 4.89. The Morgan fingerprint density at radius 3 is 2.29 bits per heavy atom. The first-order valence-corrected chi connectivity index (χ1v) is 10.6. The second-order valence-corrected chi connectivity index (χ2v) is 8.88. The van der Waals surface area contributed by atoms with Crippen LogP contribution < -0.4 is 5.19 Å². The van der Waals surface area contributed by atoms with E-state index in [9.17, 15) is 0 Å². The molecule has 0 atom stereocenters. The van der Waals surface area contributed by atoms with Crippen LogP contribution >= 0.6 is 0 Å². The van der Waals surface area contributed by atoms with Gasteiger partial charge in [-0.3, -0.25) is 0 Å². The molecule has 0 amide bonds. The maximum Gasteiger partial charge on any atom is 0.0878 e. The number of allylic oxidation sites excluding steroid dienone is 4. The number of hydrogen-bond acceptors (Lipinski definition) is 0. The molecule has 0 fully saturated rings. The SMILES string of the molecule is CCCCc1ccc(C2=C(C)C([SiH2]c3ccccc3)=C(C)C2)cc1. The van der Waals surface area contributed by atoms with E-state index in [-0.39, 0.29) is 9.52 Å². The molecule has 2 aromatic rings. The fourth-order valence-corrected chi connectivity index (χ4v) is 5.48. The molecule has 124 valence electrons. The van der Waals surface area contributed by atoms with Crippen LogP contribution in [-0.2, 0) is 6.42 Å². The van der Waals surface area contributed by atoms with Gasteiger partial charge in [0, 0.05) is 0 Å². The smallest absolute Gasteiger partial charge is 0.0696 e. The summed E-state index contributed by atoms with van der Waals surface area (Å²) in [5.41, 5.74) is 7.58. The number of unbranched alkanes of at least 4 members (excludes halogenated alkanes) is 1. The molecule has 0 unspecified atom stereocenters. The van der Waals surface area contributed by atoms with Crippen molar-refractivity contribution in [3.63, 3.8) is 0 Å². The Morgan fingerprint density at radius 1 is 0.917 bits per heavy atom. The first-order valence-electron chi connectivity index (χ1n) is 9.21. The molecule has 0 N–H and O–H groups in total. The molecule has 1 aliphatic rings. The third kappa shape index (κ3) is 3.79. The van der Waals surface area contributed by atoms with Crippen molar-refractivity contribution in [2.45, 2.75) is 46.5 Å². The molecule has 0 aliphatic heterocycles. The standard InChI is InChI=1S/C23H28Si/c1-4-5-9-19-12-14-20(15-13-19)22-16-17(2)23(18(22)3)24-21-10-7-6-8-11-21/h6-8,10-15H,4-5,9,16,24H2,1-3H3. The lowest BCUT2D eigenvalue weighted by molar-refractivity contribution is 0.795. The molecule has 1 heteroatoms. The molecule has 0 saturated carbocycles. The quantitative estimate of drug-likeness (QED) is 0.655. The Balaban J connectivity index is 1.79. The molecule has 1 aliphatic carbocycles. The summed E-state index contributed by atoms with van der Waals surface area (Å²) >= 11 is 0. The maximum absolute atomic E-state index is 2.34. The number of benzene rings is 2. The Labute approximate surface area is 149 Å². The Kier molecular flexibility index (Phi) is 5.52. The Bertz CT molecular complexity index is 748. The number of rotatable bonds is 6. The number of aryl methyl sites for hydroxylation is 1. The van der Waals surface area contributed by atoms with Gasteiger partial charge in [0.25, 0.3) is 0 Å². The van der Waals surface area contributed by atoms with Crippen LogP contribution in [0.3, 0.4) is 0 Å². The highest BCUT2D eigenvalue weighted by atomic mass is 28.2. The molecule has 24 heavy (non-hydrogen) atoms. The zero-order valence-corrected chi connectivity index (χ0v) is 16.6. The minimum absolute atomic E-state index is 0.364. The van der Waals surface area contributed by atoms with E-state index >= 15 is 0 Å². The van der Waals surface area contributed by atoms with Crippen LogP contribution in [0.25, 0.3) is 5.57 Å². The van der Waals surface area contributed by atoms with Crippen LogP contribution in [0.5, 0.6) is 0 Å². The lowest BCUT2D eigenvalue weighted by Crippen LogP contribution is -2.16. The van der Waals surface area contributed by atoms with Crippen LogP contribution in [0.4, 0.5) is 0 Å². The molecular formula is C23H28Si. The van der Waals surface area contributed by atoms with Crippen molar-refractivity contribution < 1.29 is 0 Å². The van der Waals surface area contributed by atoms with E-state index in [0.717, 1.165) is 6.42 Å². The molecule has 0 spiro atoms. The second kappa shape index (κ2) is 7.81. The van der Waals surface area contributed by atoms with Gasteiger partial charge in [0.1, 0.15) is 0 Å². The summed E-state index contributed by atoms with van der Waals surface area (Å²) in [6, 6.07) is 20.4. The number of hydrogen-bond donors (Lipinski definition) is 0. The molecule has 0 radical (unpaired) electrons. The normalized spacial score (nSPS) is 15.1. The average Bonchev–Trinajstić information content (AvgIpc) is 2.89. The van der Waals surface area contributed by atoms with E-state index in [1.54, 1.807) is 27.1 Å². The maximum atomic E-state index is 2.34.